The summed E-state index contributed by atoms with van der Waals surface area (Å²) < 4.78 is 10.5. The lowest BCUT2D eigenvalue weighted by Gasteiger charge is -2.11. The Hall–Kier alpha value is -2.21. The van der Waals surface area contributed by atoms with Gasteiger partial charge in [0.05, 0.1) is 25.4 Å². The molecule has 1 atom stereocenters. The molecule has 0 amide bonds. The Kier molecular flexibility index (Phi) is 3.69. The Morgan fingerprint density at radius 3 is 2.78 bits per heavy atom. The highest BCUT2D eigenvalue weighted by Crippen LogP contribution is 2.26. The van der Waals surface area contributed by atoms with E-state index in [1.54, 1.807) is 13.4 Å². The van der Waals surface area contributed by atoms with Gasteiger partial charge in [0.15, 0.2) is 0 Å². The molecule has 0 saturated heterocycles. The van der Waals surface area contributed by atoms with E-state index in [0.29, 0.717) is 6.42 Å². The Labute approximate surface area is 107 Å². The van der Waals surface area contributed by atoms with Crippen LogP contribution in [0.2, 0.25) is 0 Å². The zero-order chi connectivity index (χ0) is 13.0. The van der Waals surface area contributed by atoms with Crippen molar-refractivity contribution in [3.8, 4) is 11.8 Å². The van der Waals surface area contributed by atoms with E-state index < -0.39 is 0 Å². The molecule has 0 bridgehead atoms. The Morgan fingerprint density at radius 1 is 1.39 bits per heavy atom. The van der Waals surface area contributed by atoms with Gasteiger partial charge >= 0.3 is 0 Å². The second-order valence-corrected chi connectivity index (χ2v) is 4.19. The summed E-state index contributed by atoms with van der Waals surface area (Å²) in [7, 11) is 1.65. The first kappa shape index (κ1) is 12.3. The Morgan fingerprint density at radius 2 is 2.22 bits per heavy atom. The summed E-state index contributed by atoms with van der Waals surface area (Å²) in [6.07, 6.45) is 2.22. The zero-order valence-electron chi connectivity index (χ0n) is 10.5. The van der Waals surface area contributed by atoms with Crippen LogP contribution < -0.4 is 4.74 Å². The molecule has 92 valence electrons. The highest BCUT2D eigenvalue weighted by molar-refractivity contribution is 5.39. The molecule has 0 aliphatic carbocycles. The van der Waals surface area contributed by atoms with Crippen LogP contribution >= 0.6 is 0 Å². The van der Waals surface area contributed by atoms with E-state index in [2.05, 4.69) is 6.07 Å². The molecule has 0 fully saturated rings. The van der Waals surface area contributed by atoms with Crippen molar-refractivity contribution < 1.29 is 9.15 Å². The van der Waals surface area contributed by atoms with Gasteiger partial charge in [-0.05, 0) is 36.2 Å². The molecule has 0 radical (unpaired) electrons. The Balaban J connectivity index is 2.23. The molecule has 0 spiro atoms. The standard InChI is InChI=1S/C15H15NO2/c1-11-8-12(5-6-15(11)17-2)13(10-16)9-14-4-3-7-18-14/h3-8,13H,9H2,1-2H3. The van der Waals surface area contributed by atoms with Gasteiger partial charge in [-0.25, -0.2) is 0 Å². The Bertz CT molecular complexity index is 552. The molecular weight excluding hydrogens is 226 g/mol. The van der Waals surface area contributed by atoms with Gasteiger partial charge in [0.2, 0.25) is 0 Å². The van der Waals surface area contributed by atoms with Crippen LogP contribution in [0.15, 0.2) is 41.0 Å². The first-order valence-electron chi connectivity index (χ1n) is 5.81. The smallest absolute Gasteiger partial charge is 0.121 e. The summed E-state index contributed by atoms with van der Waals surface area (Å²) in [5.41, 5.74) is 2.03. The van der Waals surface area contributed by atoms with E-state index in [1.807, 2.05) is 37.3 Å². The lowest BCUT2D eigenvalue weighted by atomic mass is 9.94. The highest BCUT2D eigenvalue weighted by atomic mass is 16.5. The first-order chi connectivity index (χ1) is 8.74. The zero-order valence-corrected chi connectivity index (χ0v) is 10.5. The second-order valence-electron chi connectivity index (χ2n) is 4.19. The number of methoxy groups -OCH3 is 1. The average molecular weight is 241 g/mol. The fraction of sp³-hybridized carbons (Fsp3) is 0.267. The van der Waals surface area contributed by atoms with E-state index in [4.69, 9.17) is 9.15 Å². The molecule has 0 N–H and O–H groups in total. The molecule has 0 aliphatic rings. The average Bonchev–Trinajstić information content (AvgIpc) is 2.88. The van der Waals surface area contributed by atoms with Crippen LogP contribution in [0.3, 0.4) is 0 Å². The molecule has 3 nitrogen and oxygen atoms in total. The van der Waals surface area contributed by atoms with Crippen molar-refractivity contribution in [1.29, 1.82) is 5.26 Å². The number of nitrogens with zero attached hydrogens (tertiary/aromatic N) is 1. The van der Waals surface area contributed by atoms with Crippen LogP contribution in [0.1, 0.15) is 22.8 Å². The monoisotopic (exact) mass is 241 g/mol. The summed E-state index contributed by atoms with van der Waals surface area (Å²) >= 11 is 0. The van der Waals surface area contributed by atoms with E-state index in [1.165, 1.54) is 0 Å². The van der Waals surface area contributed by atoms with E-state index in [9.17, 15) is 5.26 Å². The summed E-state index contributed by atoms with van der Waals surface area (Å²) in [5, 5.41) is 9.27. The molecule has 1 heterocycles. The fourth-order valence-corrected chi connectivity index (χ4v) is 1.99. The predicted molar refractivity (Wildman–Crippen MR) is 68.5 cm³/mol. The molecule has 1 aromatic heterocycles. The molecule has 1 aromatic carbocycles. The van der Waals surface area contributed by atoms with Crippen LogP contribution in [0.25, 0.3) is 0 Å². The maximum atomic E-state index is 9.27. The third kappa shape index (κ3) is 2.54. The van der Waals surface area contributed by atoms with Crippen molar-refractivity contribution in [3.63, 3.8) is 0 Å². The third-order valence-corrected chi connectivity index (χ3v) is 2.96. The van der Waals surface area contributed by atoms with E-state index >= 15 is 0 Å². The lowest BCUT2D eigenvalue weighted by Crippen LogP contribution is -2.00. The lowest BCUT2D eigenvalue weighted by molar-refractivity contribution is 0.411. The molecule has 0 aliphatic heterocycles. The number of benzene rings is 1. The molecule has 3 heteroatoms. The molecule has 18 heavy (non-hydrogen) atoms. The quantitative estimate of drug-likeness (QED) is 0.823. The van der Waals surface area contributed by atoms with Crippen LogP contribution in [-0.2, 0) is 6.42 Å². The van der Waals surface area contributed by atoms with Gasteiger partial charge in [-0.3, -0.25) is 0 Å². The van der Waals surface area contributed by atoms with Crippen molar-refractivity contribution in [2.45, 2.75) is 19.3 Å². The van der Waals surface area contributed by atoms with Gasteiger partial charge in [0.1, 0.15) is 11.5 Å². The van der Waals surface area contributed by atoms with Crippen LogP contribution in [0.4, 0.5) is 0 Å². The van der Waals surface area contributed by atoms with Gasteiger partial charge in [-0.15, -0.1) is 0 Å². The van der Waals surface area contributed by atoms with Gasteiger partial charge in [0.25, 0.3) is 0 Å². The predicted octanol–water partition coefficient (Wildman–Crippen LogP) is 3.45. The normalized spacial score (nSPS) is 11.8. The highest BCUT2D eigenvalue weighted by Gasteiger charge is 2.14. The maximum absolute atomic E-state index is 9.27. The van der Waals surface area contributed by atoms with E-state index in [-0.39, 0.29) is 5.92 Å². The molecule has 2 rings (SSSR count). The number of nitriles is 1. The molecular formula is C15H15NO2. The van der Waals surface area contributed by atoms with Crippen LogP contribution in [0, 0.1) is 18.3 Å². The van der Waals surface area contributed by atoms with Gasteiger partial charge in [-0.2, -0.15) is 5.26 Å². The fourth-order valence-electron chi connectivity index (χ4n) is 1.99. The summed E-state index contributed by atoms with van der Waals surface area (Å²) in [4.78, 5) is 0. The number of rotatable bonds is 4. The minimum atomic E-state index is -0.194. The minimum absolute atomic E-state index is 0.194. The third-order valence-electron chi connectivity index (χ3n) is 2.96. The number of hydrogen-bond donors (Lipinski definition) is 0. The largest absolute Gasteiger partial charge is 0.496 e. The topological polar surface area (TPSA) is 46.2 Å². The van der Waals surface area contributed by atoms with Gasteiger partial charge in [-0.1, -0.05) is 12.1 Å². The van der Waals surface area contributed by atoms with Crippen LogP contribution in [-0.4, -0.2) is 7.11 Å². The second kappa shape index (κ2) is 5.42. The van der Waals surface area contributed by atoms with Crippen molar-refractivity contribution >= 4 is 0 Å². The minimum Gasteiger partial charge on any atom is -0.496 e. The number of hydrogen-bond acceptors (Lipinski definition) is 3. The number of ether oxygens (including phenoxy) is 1. The maximum Gasteiger partial charge on any atom is 0.121 e. The summed E-state index contributed by atoms with van der Waals surface area (Å²) in [6.45, 7) is 1.98. The SMILES string of the molecule is COc1ccc(C(C#N)Cc2ccco2)cc1C. The van der Waals surface area contributed by atoms with E-state index in [0.717, 1.165) is 22.6 Å². The molecule has 2 aromatic rings. The first-order valence-corrected chi connectivity index (χ1v) is 5.81. The van der Waals surface area contributed by atoms with Crippen molar-refractivity contribution in [2.24, 2.45) is 0 Å². The van der Waals surface area contributed by atoms with Crippen molar-refractivity contribution in [2.75, 3.05) is 7.11 Å². The van der Waals surface area contributed by atoms with Gasteiger partial charge in [0, 0.05) is 6.42 Å². The number of furan rings is 1. The molecule has 0 saturated carbocycles. The summed E-state index contributed by atoms with van der Waals surface area (Å²) in [5.74, 6) is 1.48. The van der Waals surface area contributed by atoms with Crippen LogP contribution in [0.5, 0.6) is 5.75 Å². The number of aryl methyl sites for hydroxylation is 1. The van der Waals surface area contributed by atoms with Gasteiger partial charge < -0.3 is 9.15 Å². The summed E-state index contributed by atoms with van der Waals surface area (Å²) in [6, 6.07) is 11.9. The molecule has 1 unspecified atom stereocenters. The van der Waals surface area contributed by atoms with Crippen molar-refractivity contribution in [1.82, 2.24) is 0 Å². The van der Waals surface area contributed by atoms with Crippen molar-refractivity contribution in [3.05, 3.63) is 53.5 Å².